The molecule has 3 N–H and O–H groups in total. The molecule has 17 heavy (non-hydrogen) atoms. The van der Waals surface area contributed by atoms with Gasteiger partial charge in [0.15, 0.2) is 5.58 Å². The Morgan fingerprint density at radius 3 is 3.06 bits per heavy atom. The maximum atomic E-state index is 11.1. The first-order chi connectivity index (χ1) is 8.15. The van der Waals surface area contributed by atoms with Crippen molar-refractivity contribution in [3.05, 3.63) is 22.7 Å². The second kappa shape index (κ2) is 3.55. The van der Waals surface area contributed by atoms with Gasteiger partial charge in [0, 0.05) is 18.7 Å². The van der Waals surface area contributed by atoms with Crippen LogP contribution in [0.4, 0.5) is 11.4 Å². The van der Waals surface area contributed by atoms with E-state index in [0.29, 0.717) is 22.8 Å². The minimum absolute atomic E-state index is 0.439. The number of H-pyrrole nitrogens is 1. The van der Waals surface area contributed by atoms with Crippen LogP contribution in [0.25, 0.3) is 11.1 Å². The van der Waals surface area contributed by atoms with E-state index < -0.39 is 5.76 Å². The summed E-state index contributed by atoms with van der Waals surface area (Å²) in [4.78, 5) is 16.1. The van der Waals surface area contributed by atoms with Crippen LogP contribution < -0.4 is 16.4 Å². The Balaban J connectivity index is 2.15. The molecular weight excluding hydrogens is 218 g/mol. The molecule has 0 amide bonds. The van der Waals surface area contributed by atoms with Crippen molar-refractivity contribution in [2.45, 2.75) is 25.8 Å². The zero-order chi connectivity index (χ0) is 12.0. The quantitative estimate of drug-likeness (QED) is 0.735. The molecule has 5 nitrogen and oxygen atoms in total. The summed E-state index contributed by atoms with van der Waals surface area (Å²) >= 11 is 0. The lowest BCUT2D eigenvalue weighted by molar-refractivity contribution is 0.555. The molecule has 90 valence electrons. The second-order valence-corrected chi connectivity index (χ2v) is 4.61. The predicted octanol–water partition coefficient (Wildman–Crippen LogP) is 1.69. The van der Waals surface area contributed by atoms with Gasteiger partial charge in [-0.15, -0.1) is 0 Å². The molecule has 1 atom stereocenters. The third kappa shape index (κ3) is 1.58. The van der Waals surface area contributed by atoms with E-state index in [1.165, 1.54) is 12.8 Å². The number of aromatic nitrogens is 1. The molecule has 1 unspecified atom stereocenters. The third-order valence-electron chi connectivity index (χ3n) is 3.43. The van der Waals surface area contributed by atoms with E-state index in [9.17, 15) is 4.79 Å². The number of hydrogen-bond donors (Lipinski definition) is 2. The molecule has 2 aromatic rings. The lowest BCUT2D eigenvalue weighted by atomic mass is 10.2. The van der Waals surface area contributed by atoms with Crippen molar-refractivity contribution in [3.63, 3.8) is 0 Å². The number of nitrogens with two attached hydrogens (primary N) is 1. The molecule has 1 aromatic heterocycles. The number of nitrogens with zero attached hydrogens (tertiary/aromatic N) is 1. The van der Waals surface area contributed by atoms with Gasteiger partial charge < -0.3 is 15.1 Å². The molecule has 0 saturated carbocycles. The fraction of sp³-hybridized carbons (Fsp3) is 0.417. The first-order valence-electron chi connectivity index (χ1n) is 5.84. The number of aromatic amines is 1. The summed E-state index contributed by atoms with van der Waals surface area (Å²) in [6.45, 7) is 3.20. The zero-order valence-corrected chi connectivity index (χ0v) is 9.69. The van der Waals surface area contributed by atoms with Gasteiger partial charge in [-0.3, -0.25) is 4.98 Å². The van der Waals surface area contributed by atoms with Crippen molar-refractivity contribution >= 4 is 22.5 Å². The largest absolute Gasteiger partial charge is 0.417 e. The average molecular weight is 233 g/mol. The summed E-state index contributed by atoms with van der Waals surface area (Å²) in [7, 11) is 0. The van der Waals surface area contributed by atoms with Crippen LogP contribution in [0.5, 0.6) is 0 Å². The first kappa shape index (κ1) is 10.3. The number of anilines is 2. The Hall–Kier alpha value is -1.91. The Morgan fingerprint density at radius 1 is 1.53 bits per heavy atom. The molecule has 1 saturated heterocycles. The van der Waals surface area contributed by atoms with E-state index in [-0.39, 0.29) is 0 Å². The molecule has 1 fully saturated rings. The van der Waals surface area contributed by atoms with Crippen molar-refractivity contribution in [1.82, 2.24) is 4.98 Å². The highest BCUT2D eigenvalue weighted by Gasteiger charge is 2.23. The van der Waals surface area contributed by atoms with Crippen molar-refractivity contribution in [2.24, 2.45) is 0 Å². The molecule has 0 bridgehead atoms. The van der Waals surface area contributed by atoms with Crippen LogP contribution in [0.15, 0.2) is 21.3 Å². The number of hydrogen-bond acceptors (Lipinski definition) is 4. The van der Waals surface area contributed by atoms with Crippen LogP contribution in [0.3, 0.4) is 0 Å². The summed E-state index contributed by atoms with van der Waals surface area (Å²) in [5, 5.41) is 0. The minimum Gasteiger partial charge on any atom is -0.408 e. The van der Waals surface area contributed by atoms with Crippen LogP contribution in [0.2, 0.25) is 0 Å². The average Bonchev–Trinajstić information content (AvgIpc) is 2.82. The van der Waals surface area contributed by atoms with Gasteiger partial charge in [0.2, 0.25) is 0 Å². The van der Waals surface area contributed by atoms with Crippen molar-refractivity contribution < 1.29 is 4.42 Å². The number of oxazole rings is 1. The van der Waals surface area contributed by atoms with Gasteiger partial charge in [0.05, 0.1) is 16.9 Å². The molecule has 2 heterocycles. The van der Waals surface area contributed by atoms with Crippen LogP contribution in [-0.2, 0) is 0 Å². The van der Waals surface area contributed by atoms with Gasteiger partial charge in [0.1, 0.15) is 0 Å². The van der Waals surface area contributed by atoms with Gasteiger partial charge in [-0.05, 0) is 25.8 Å². The lowest BCUT2D eigenvalue weighted by Gasteiger charge is -2.25. The monoisotopic (exact) mass is 233 g/mol. The third-order valence-corrected chi connectivity index (χ3v) is 3.43. The molecule has 3 rings (SSSR count). The molecule has 0 aliphatic carbocycles. The first-order valence-corrected chi connectivity index (χ1v) is 5.84. The summed E-state index contributed by atoms with van der Waals surface area (Å²) in [5.74, 6) is -0.439. The van der Waals surface area contributed by atoms with E-state index in [1.54, 1.807) is 6.07 Å². The maximum absolute atomic E-state index is 11.1. The van der Waals surface area contributed by atoms with Crippen LogP contribution in [0, 0.1) is 0 Å². The summed E-state index contributed by atoms with van der Waals surface area (Å²) in [5.41, 5.74) is 8.89. The molecule has 1 aliphatic rings. The van der Waals surface area contributed by atoms with E-state index in [1.807, 2.05) is 6.07 Å². The molecule has 1 aromatic carbocycles. The van der Waals surface area contributed by atoms with Crippen molar-refractivity contribution in [2.75, 3.05) is 17.2 Å². The normalized spacial score (nSPS) is 20.3. The van der Waals surface area contributed by atoms with E-state index >= 15 is 0 Å². The van der Waals surface area contributed by atoms with Crippen molar-refractivity contribution in [3.8, 4) is 0 Å². The standard InChI is InChI=1S/C12H15N3O2/c1-7-3-2-4-15(7)10-6-9-11(5-8(10)13)17-12(16)14-9/h5-7H,2-4,13H2,1H3,(H,14,16). The van der Waals surface area contributed by atoms with E-state index in [4.69, 9.17) is 10.2 Å². The molecule has 1 aliphatic heterocycles. The van der Waals surface area contributed by atoms with E-state index in [0.717, 1.165) is 12.2 Å². The van der Waals surface area contributed by atoms with E-state index in [2.05, 4.69) is 16.8 Å². The number of nitrogens with one attached hydrogen (secondary N) is 1. The Kier molecular flexibility index (Phi) is 2.14. The highest BCUT2D eigenvalue weighted by atomic mass is 16.4. The number of benzene rings is 1. The lowest BCUT2D eigenvalue weighted by Crippen LogP contribution is -2.27. The molecule has 5 heteroatoms. The number of rotatable bonds is 1. The summed E-state index contributed by atoms with van der Waals surface area (Å²) in [6.07, 6.45) is 2.36. The van der Waals surface area contributed by atoms with Gasteiger partial charge in [-0.2, -0.15) is 0 Å². The number of nitrogen functional groups attached to an aromatic ring is 1. The smallest absolute Gasteiger partial charge is 0.408 e. The molecule has 0 spiro atoms. The fourth-order valence-electron chi connectivity index (χ4n) is 2.54. The van der Waals surface area contributed by atoms with Crippen LogP contribution in [0.1, 0.15) is 19.8 Å². The van der Waals surface area contributed by atoms with Crippen molar-refractivity contribution in [1.29, 1.82) is 0 Å². The number of fused-ring (bicyclic) bond motifs is 1. The van der Waals surface area contributed by atoms with Gasteiger partial charge >= 0.3 is 5.76 Å². The van der Waals surface area contributed by atoms with Crippen LogP contribution in [-0.4, -0.2) is 17.6 Å². The van der Waals surface area contributed by atoms with Gasteiger partial charge in [-0.1, -0.05) is 0 Å². The second-order valence-electron chi connectivity index (χ2n) is 4.61. The highest BCUT2D eigenvalue weighted by Crippen LogP contribution is 2.32. The molecular formula is C12H15N3O2. The fourth-order valence-corrected chi connectivity index (χ4v) is 2.54. The van der Waals surface area contributed by atoms with Crippen LogP contribution >= 0.6 is 0 Å². The summed E-state index contributed by atoms with van der Waals surface area (Å²) in [6, 6.07) is 4.11. The Labute approximate surface area is 98.2 Å². The summed E-state index contributed by atoms with van der Waals surface area (Å²) < 4.78 is 4.98. The molecule has 0 radical (unpaired) electrons. The highest BCUT2D eigenvalue weighted by molar-refractivity contribution is 5.85. The SMILES string of the molecule is CC1CCCN1c1cc2[nH]c(=O)oc2cc1N. The van der Waals surface area contributed by atoms with Gasteiger partial charge in [-0.25, -0.2) is 4.79 Å². The maximum Gasteiger partial charge on any atom is 0.417 e. The minimum atomic E-state index is -0.439. The Morgan fingerprint density at radius 2 is 2.35 bits per heavy atom. The van der Waals surface area contributed by atoms with Gasteiger partial charge in [0.25, 0.3) is 0 Å². The topological polar surface area (TPSA) is 75.3 Å². The predicted molar refractivity (Wildman–Crippen MR) is 67.3 cm³/mol. The Bertz CT molecular complexity index is 614. The zero-order valence-electron chi connectivity index (χ0n) is 9.69.